The lowest BCUT2D eigenvalue weighted by molar-refractivity contribution is 0.0593. The van der Waals surface area contributed by atoms with E-state index in [-0.39, 0.29) is 16.0 Å². The van der Waals surface area contributed by atoms with Gasteiger partial charge in [-0.3, -0.25) is 0 Å². The van der Waals surface area contributed by atoms with Crippen molar-refractivity contribution >= 4 is 27.4 Å². The predicted molar refractivity (Wildman–Crippen MR) is 51.5 cm³/mol. The summed E-state index contributed by atoms with van der Waals surface area (Å²) in [5, 5.41) is -0.638. The standard InChI is InChI=1S/C7H7ClN2O4S/c1-14-6(11)4-3-5(15(2,12)13)10-7(8)9-4/h3H,1-2H3. The van der Waals surface area contributed by atoms with Crippen molar-refractivity contribution in [2.45, 2.75) is 5.03 Å². The van der Waals surface area contributed by atoms with Crippen LogP contribution in [0.5, 0.6) is 0 Å². The Balaban J connectivity index is 3.35. The summed E-state index contributed by atoms with van der Waals surface area (Å²) in [6.07, 6.45) is 0.951. The second-order valence-electron chi connectivity index (χ2n) is 2.62. The average molecular weight is 251 g/mol. The summed E-state index contributed by atoms with van der Waals surface area (Å²) in [7, 11) is -2.38. The van der Waals surface area contributed by atoms with Gasteiger partial charge < -0.3 is 4.74 Å². The van der Waals surface area contributed by atoms with Crippen LogP contribution in [0.15, 0.2) is 11.1 Å². The van der Waals surface area contributed by atoms with Crippen molar-refractivity contribution in [1.29, 1.82) is 0 Å². The van der Waals surface area contributed by atoms with Crippen LogP contribution in [0.3, 0.4) is 0 Å². The van der Waals surface area contributed by atoms with E-state index in [1.54, 1.807) is 0 Å². The third-order valence-corrected chi connectivity index (χ3v) is 2.59. The van der Waals surface area contributed by atoms with E-state index < -0.39 is 15.8 Å². The minimum Gasteiger partial charge on any atom is -0.464 e. The first kappa shape index (κ1) is 11.9. The maximum Gasteiger partial charge on any atom is 0.356 e. The lowest BCUT2D eigenvalue weighted by Crippen LogP contribution is -2.09. The van der Waals surface area contributed by atoms with Gasteiger partial charge in [-0.05, 0) is 11.6 Å². The fraction of sp³-hybridized carbons (Fsp3) is 0.286. The number of rotatable bonds is 2. The lowest BCUT2D eigenvalue weighted by Gasteiger charge is -2.01. The molecule has 1 heterocycles. The SMILES string of the molecule is COC(=O)c1cc(S(C)(=O)=O)nc(Cl)n1. The van der Waals surface area contributed by atoms with Gasteiger partial charge in [0.15, 0.2) is 20.6 Å². The highest BCUT2D eigenvalue weighted by atomic mass is 35.5. The normalized spacial score (nSPS) is 11.1. The molecule has 1 rings (SSSR count). The summed E-state index contributed by atoms with van der Waals surface area (Å²) in [6.45, 7) is 0. The Morgan fingerprint density at radius 1 is 1.47 bits per heavy atom. The molecule has 0 aliphatic rings. The van der Waals surface area contributed by atoms with Gasteiger partial charge in [0.25, 0.3) is 0 Å². The van der Waals surface area contributed by atoms with E-state index in [0.29, 0.717) is 0 Å². The molecule has 0 fully saturated rings. The van der Waals surface area contributed by atoms with Gasteiger partial charge in [0, 0.05) is 12.3 Å². The van der Waals surface area contributed by atoms with E-state index in [1.165, 1.54) is 0 Å². The van der Waals surface area contributed by atoms with Crippen LogP contribution in [-0.2, 0) is 14.6 Å². The molecule has 0 aliphatic carbocycles. The molecule has 0 saturated heterocycles. The number of carbonyl (C=O) groups is 1. The molecule has 0 aromatic carbocycles. The van der Waals surface area contributed by atoms with Crippen LogP contribution in [0.1, 0.15) is 10.5 Å². The van der Waals surface area contributed by atoms with Crippen molar-refractivity contribution < 1.29 is 17.9 Å². The molecule has 6 nitrogen and oxygen atoms in total. The highest BCUT2D eigenvalue weighted by Gasteiger charge is 2.16. The number of hydrogen-bond donors (Lipinski definition) is 0. The first-order valence-electron chi connectivity index (χ1n) is 3.67. The summed E-state index contributed by atoms with van der Waals surface area (Å²) < 4.78 is 26.7. The van der Waals surface area contributed by atoms with Crippen molar-refractivity contribution in [2.75, 3.05) is 13.4 Å². The summed E-state index contributed by atoms with van der Waals surface area (Å²) in [6, 6.07) is 1.01. The molecular weight excluding hydrogens is 244 g/mol. The Hall–Kier alpha value is -1.21. The number of ether oxygens (including phenoxy) is 1. The number of esters is 1. The number of methoxy groups -OCH3 is 1. The van der Waals surface area contributed by atoms with Crippen molar-refractivity contribution in [2.24, 2.45) is 0 Å². The van der Waals surface area contributed by atoms with Crippen molar-refractivity contribution in [3.63, 3.8) is 0 Å². The topological polar surface area (TPSA) is 86.2 Å². The molecule has 0 atom stereocenters. The van der Waals surface area contributed by atoms with Crippen LogP contribution in [0.2, 0.25) is 5.28 Å². The Labute approximate surface area is 91.2 Å². The number of halogens is 1. The Morgan fingerprint density at radius 3 is 2.53 bits per heavy atom. The van der Waals surface area contributed by atoms with E-state index >= 15 is 0 Å². The maximum absolute atomic E-state index is 11.1. The Morgan fingerprint density at radius 2 is 2.07 bits per heavy atom. The van der Waals surface area contributed by atoms with E-state index in [2.05, 4.69) is 14.7 Å². The van der Waals surface area contributed by atoms with Gasteiger partial charge in [-0.2, -0.15) is 0 Å². The fourth-order valence-electron chi connectivity index (χ4n) is 0.796. The minimum absolute atomic E-state index is 0.196. The summed E-state index contributed by atoms with van der Waals surface area (Å²) in [4.78, 5) is 18.1. The van der Waals surface area contributed by atoms with Crippen LogP contribution in [0, 0.1) is 0 Å². The quantitative estimate of drug-likeness (QED) is 0.427. The van der Waals surface area contributed by atoms with Gasteiger partial charge >= 0.3 is 5.97 Å². The molecule has 0 unspecified atom stereocenters. The molecule has 1 aromatic rings. The lowest BCUT2D eigenvalue weighted by atomic mass is 10.4. The molecule has 0 radical (unpaired) electrons. The molecule has 0 saturated carbocycles. The molecule has 0 spiro atoms. The van der Waals surface area contributed by atoms with Crippen LogP contribution in [0.4, 0.5) is 0 Å². The van der Waals surface area contributed by atoms with Gasteiger partial charge in [0.05, 0.1) is 7.11 Å². The molecular formula is C7H7ClN2O4S. The van der Waals surface area contributed by atoms with Crippen LogP contribution >= 0.6 is 11.6 Å². The number of aromatic nitrogens is 2. The summed E-state index contributed by atoms with van der Waals surface area (Å²) in [5.74, 6) is -0.774. The Bertz CT molecular complexity index is 500. The molecule has 0 amide bonds. The number of hydrogen-bond acceptors (Lipinski definition) is 6. The second-order valence-corrected chi connectivity index (χ2v) is 4.92. The van der Waals surface area contributed by atoms with Crippen LogP contribution < -0.4 is 0 Å². The number of carbonyl (C=O) groups excluding carboxylic acids is 1. The first-order chi connectivity index (χ1) is 6.84. The van der Waals surface area contributed by atoms with Gasteiger partial charge in [-0.1, -0.05) is 0 Å². The van der Waals surface area contributed by atoms with Gasteiger partial charge in [0.2, 0.25) is 5.28 Å². The number of nitrogens with zero attached hydrogens (tertiary/aromatic N) is 2. The zero-order valence-electron chi connectivity index (χ0n) is 7.89. The monoisotopic (exact) mass is 250 g/mol. The third-order valence-electron chi connectivity index (χ3n) is 1.45. The van der Waals surface area contributed by atoms with Crippen molar-refractivity contribution in [3.05, 3.63) is 17.0 Å². The zero-order valence-corrected chi connectivity index (χ0v) is 9.46. The molecule has 82 valence electrons. The molecule has 0 N–H and O–H groups in total. The van der Waals surface area contributed by atoms with E-state index in [4.69, 9.17) is 11.6 Å². The molecule has 8 heteroatoms. The van der Waals surface area contributed by atoms with Crippen molar-refractivity contribution in [3.8, 4) is 0 Å². The molecule has 1 aromatic heterocycles. The minimum atomic E-state index is -3.53. The largest absolute Gasteiger partial charge is 0.464 e. The smallest absolute Gasteiger partial charge is 0.356 e. The summed E-state index contributed by atoms with van der Waals surface area (Å²) in [5.41, 5.74) is -0.196. The molecule has 15 heavy (non-hydrogen) atoms. The van der Waals surface area contributed by atoms with Gasteiger partial charge in [-0.25, -0.2) is 23.2 Å². The average Bonchev–Trinajstić information content (AvgIpc) is 2.14. The third kappa shape index (κ3) is 2.87. The Kier molecular flexibility index (Phi) is 3.25. The molecule has 0 aliphatic heterocycles. The highest BCUT2D eigenvalue weighted by Crippen LogP contribution is 2.11. The van der Waals surface area contributed by atoms with E-state index in [1.807, 2.05) is 0 Å². The predicted octanol–water partition coefficient (Wildman–Crippen LogP) is 0.320. The van der Waals surface area contributed by atoms with E-state index in [0.717, 1.165) is 19.4 Å². The first-order valence-corrected chi connectivity index (χ1v) is 5.94. The van der Waals surface area contributed by atoms with Gasteiger partial charge in [0.1, 0.15) is 0 Å². The summed E-state index contributed by atoms with van der Waals surface area (Å²) >= 11 is 5.46. The maximum atomic E-state index is 11.1. The van der Waals surface area contributed by atoms with E-state index in [9.17, 15) is 13.2 Å². The van der Waals surface area contributed by atoms with Gasteiger partial charge in [-0.15, -0.1) is 0 Å². The van der Waals surface area contributed by atoms with Crippen LogP contribution in [0.25, 0.3) is 0 Å². The second kappa shape index (κ2) is 4.11. The highest BCUT2D eigenvalue weighted by molar-refractivity contribution is 7.90. The van der Waals surface area contributed by atoms with Crippen LogP contribution in [-0.4, -0.2) is 37.7 Å². The fourth-order valence-corrected chi connectivity index (χ4v) is 1.61. The number of sulfone groups is 1. The van der Waals surface area contributed by atoms with Crippen molar-refractivity contribution in [1.82, 2.24) is 9.97 Å². The zero-order chi connectivity index (χ0) is 11.6. The molecule has 0 bridgehead atoms.